The minimum Gasteiger partial charge on any atom is -0.465 e. The van der Waals surface area contributed by atoms with E-state index in [1.807, 2.05) is 60.8 Å². The van der Waals surface area contributed by atoms with Gasteiger partial charge in [-0.25, -0.2) is 4.79 Å². The standard InChI is InChI=1S/C32H40N4O6/c1-4-40-29(38)19-34-32(39)35-27-14-12-25(13-15-27)31-41-28(20-36(3)18-16-26-7-5-6-17-33-26)22(2)30(42-31)24-10-8-23(21-37)9-11-24/h5-15,17,22,28,30-31,37H,4,16,18-21H2,1-3H3,(H2,34,35,39)/t22-,28+,30+,31+/m0/s1. The number of urea groups is 1. The molecule has 224 valence electrons. The van der Waals surface area contributed by atoms with Gasteiger partial charge in [0.15, 0.2) is 6.29 Å². The molecule has 2 amide bonds. The van der Waals surface area contributed by atoms with Gasteiger partial charge < -0.3 is 34.9 Å². The number of pyridine rings is 1. The normalized spacial score (nSPS) is 20.2. The Morgan fingerprint density at radius 2 is 1.76 bits per heavy atom. The summed E-state index contributed by atoms with van der Waals surface area (Å²) in [6.07, 6.45) is 1.69. The maximum atomic E-state index is 12.2. The van der Waals surface area contributed by atoms with Crippen molar-refractivity contribution in [1.29, 1.82) is 0 Å². The molecule has 3 N–H and O–H groups in total. The molecular formula is C32H40N4O6. The third-order valence-corrected chi connectivity index (χ3v) is 7.23. The molecule has 0 aliphatic carbocycles. The summed E-state index contributed by atoms with van der Waals surface area (Å²) < 4.78 is 17.9. The molecule has 0 radical (unpaired) electrons. The first-order chi connectivity index (χ1) is 20.4. The fourth-order valence-electron chi connectivity index (χ4n) is 4.84. The van der Waals surface area contributed by atoms with E-state index in [4.69, 9.17) is 14.2 Å². The largest absolute Gasteiger partial charge is 0.465 e. The Morgan fingerprint density at radius 3 is 2.43 bits per heavy atom. The van der Waals surface area contributed by atoms with Crippen LogP contribution in [-0.2, 0) is 32.0 Å². The quantitative estimate of drug-likeness (QED) is 0.274. The van der Waals surface area contributed by atoms with Gasteiger partial charge in [0.05, 0.1) is 25.4 Å². The first-order valence-corrected chi connectivity index (χ1v) is 14.3. The van der Waals surface area contributed by atoms with E-state index in [0.29, 0.717) is 12.2 Å². The fraction of sp³-hybridized carbons (Fsp3) is 0.406. The summed E-state index contributed by atoms with van der Waals surface area (Å²) in [7, 11) is 2.09. The Morgan fingerprint density at radius 1 is 1.02 bits per heavy atom. The zero-order valence-electron chi connectivity index (χ0n) is 24.4. The van der Waals surface area contributed by atoms with Crippen LogP contribution in [0.25, 0.3) is 0 Å². The maximum Gasteiger partial charge on any atom is 0.325 e. The molecule has 1 fully saturated rings. The predicted octanol–water partition coefficient (Wildman–Crippen LogP) is 4.22. The summed E-state index contributed by atoms with van der Waals surface area (Å²) in [4.78, 5) is 30.4. The lowest BCUT2D eigenvalue weighted by atomic mass is 9.90. The Kier molecular flexibility index (Phi) is 11.4. The summed E-state index contributed by atoms with van der Waals surface area (Å²) in [6.45, 7) is 5.42. The monoisotopic (exact) mass is 576 g/mol. The first-order valence-electron chi connectivity index (χ1n) is 14.3. The van der Waals surface area contributed by atoms with E-state index >= 15 is 0 Å². The number of likely N-dealkylation sites (N-methyl/N-ethyl adjacent to an activating group) is 1. The molecule has 0 spiro atoms. The lowest BCUT2D eigenvalue weighted by Crippen LogP contribution is -2.43. The second-order valence-electron chi connectivity index (χ2n) is 10.4. The van der Waals surface area contributed by atoms with Crippen LogP contribution in [-0.4, -0.2) is 66.4 Å². The highest BCUT2D eigenvalue weighted by atomic mass is 16.7. The predicted molar refractivity (Wildman–Crippen MR) is 159 cm³/mol. The summed E-state index contributed by atoms with van der Waals surface area (Å²) in [6, 6.07) is 20.5. The number of ether oxygens (including phenoxy) is 3. The number of amides is 2. The van der Waals surface area contributed by atoms with Gasteiger partial charge >= 0.3 is 12.0 Å². The number of hydrogen-bond donors (Lipinski definition) is 3. The van der Waals surface area contributed by atoms with E-state index in [0.717, 1.165) is 35.3 Å². The molecule has 0 bridgehead atoms. The molecule has 1 aliphatic heterocycles. The van der Waals surface area contributed by atoms with Gasteiger partial charge in [-0.15, -0.1) is 0 Å². The van der Waals surface area contributed by atoms with Gasteiger partial charge in [0.1, 0.15) is 6.54 Å². The number of aromatic nitrogens is 1. The van der Waals surface area contributed by atoms with Crippen LogP contribution in [0, 0.1) is 5.92 Å². The SMILES string of the molecule is CCOC(=O)CNC(=O)Nc1ccc([C@@H]2O[C@H](CN(C)CCc3ccccn3)[C@H](C)[C@H](c3ccc(CO)cc3)O2)cc1. The average Bonchev–Trinajstić information content (AvgIpc) is 3.01. The number of benzene rings is 2. The zero-order valence-corrected chi connectivity index (χ0v) is 24.4. The lowest BCUT2D eigenvalue weighted by Gasteiger charge is -2.42. The van der Waals surface area contributed by atoms with Crippen molar-refractivity contribution >= 4 is 17.7 Å². The van der Waals surface area contributed by atoms with Gasteiger partial charge in [0.25, 0.3) is 0 Å². The molecule has 0 unspecified atom stereocenters. The highest BCUT2D eigenvalue weighted by Gasteiger charge is 2.38. The number of aliphatic hydroxyl groups is 1. The number of nitrogens with one attached hydrogen (secondary N) is 2. The molecule has 1 saturated heterocycles. The first kappa shape index (κ1) is 31.1. The summed E-state index contributed by atoms with van der Waals surface area (Å²) in [5.74, 6) is -0.441. The van der Waals surface area contributed by atoms with E-state index in [9.17, 15) is 14.7 Å². The average molecular weight is 577 g/mol. The molecule has 4 atom stereocenters. The van der Waals surface area contributed by atoms with Crippen LogP contribution in [0.5, 0.6) is 0 Å². The van der Waals surface area contributed by atoms with Crippen molar-refractivity contribution in [3.63, 3.8) is 0 Å². The molecular weight excluding hydrogens is 536 g/mol. The Balaban J connectivity index is 1.45. The number of aliphatic hydroxyl groups excluding tert-OH is 1. The van der Waals surface area contributed by atoms with Crippen molar-refractivity contribution in [2.45, 2.75) is 45.4 Å². The van der Waals surface area contributed by atoms with Gasteiger partial charge in [0.2, 0.25) is 0 Å². The lowest BCUT2D eigenvalue weighted by molar-refractivity contribution is -0.275. The van der Waals surface area contributed by atoms with E-state index in [1.165, 1.54) is 0 Å². The Bertz CT molecular complexity index is 1270. The number of carbonyl (C=O) groups is 2. The van der Waals surface area contributed by atoms with E-state index in [-0.39, 0.29) is 37.9 Å². The second kappa shape index (κ2) is 15.4. The van der Waals surface area contributed by atoms with Gasteiger partial charge in [0, 0.05) is 48.6 Å². The number of carbonyl (C=O) groups excluding carboxylic acids is 2. The Labute approximate surface area is 247 Å². The highest BCUT2D eigenvalue weighted by Crippen LogP contribution is 2.42. The number of nitrogens with zero attached hydrogens (tertiary/aromatic N) is 2. The molecule has 1 aliphatic rings. The molecule has 2 aromatic carbocycles. The van der Waals surface area contributed by atoms with E-state index in [1.54, 1.807) is 19.1 Å². The van der Waals surface area contributed by atoms with Crippen LogP contribution in [0.3, 0.4) is 0 Å². The summed E-state index contributed by atoms with van der Waals surface area (Å²) >= 11 is 0. The van der Waals surface area contributed by atoms with Crippen molar-refractivity contribution in [2.75, 3.05) is 38.6 Å². The third-order valence-electron chi connectivity index (χ3n) is 7.23. The van der Waals surface area contributed by atoms with Crippen LogP contribution in [0.1, 0.15) is 48.6 Å². The van der Waals surface area contributed by atoms with Gasteiger partial charge in [-0.3, -0.25) is 9.78 Å². The van der Waals surface area contributed by atoms with Crippen molar-refractivity contribution < 1.29 is 28.9 Å². The van der Waals surface area contributed by atoms with E-state index < -0.39 is 18.3 Å². The van der Waals surface area contributed by atoms with Crippen LogP contribution in [0.2, 0.25) is 0 Å². The van der Waals surface area contributed by atoms with E-state index in [2.05, 4.69) is 34.5 Å². The van der Waals surface area contributed by atoms with Gasteiger partial charge in [-0.05, 0) is 49.4 Å². The van der Waals surface area contributed by atoms with Crippen LogP contribution in [0.15, 0.2) is 72.9 Å². The number of esters is 1. The highest BCUT2D eigenvalue weighted by molar-refractivity contribution is 5.91. The molecule has 10 heteroatoms. The summed E-state index contributed by atoms with van der Waals surface area (Å²) in [5, 5.41) is 14.7. The molecule has 3 aromatic rings. The number of rotatable bonds is 12. The van der Waals surface area contributed by atoms with Crippen molar-refractivity contribution in [3.05, 3.63) is 95.3 Å². The minimum atomic E-state index is -0.621. The van der Waals surface area contributed by atoms with Crippen molar-refractivity contribution in [2.24, 2.45) is 5.92 Å². The third kappa shape index (κ3) is 8.83. The maximum absolute atomic E-state index is 12.2. The van der Waals surface area contributed by atoms with Gasteiger partial charge in [-0.1, -0.05) is 49.4 Å². The molecule has 2 heterocycles. The molecule has 4 rings (SSSR count). The molecule has 10 nitrogen and oxygen atoms in total. The molecule has 0 saturated carbocycles. The topological polar surface area (TPSA) is 122 Å². The summed E-state index contributed by atoms with van der Waals surface area (Å²) in [5.41, 5.74) is 4.29. The fourth-order valence-corrected chi connectivity index (χ4v) is 4.84. The van der Waals surface area contributed by atoms with Gasteiger partial charge in [-0.2, -0.15) is 0 Å². The van der Waals surface area contributed by atoms with Crippen LogP contribution >= 0.6 is 0 Å². The molecule has 42 heavy (non-hydrogen) atoms. The zero-order chi connectivity index (χ0) is 29.9. The number of anilines is 1. The second-order valence-corrected chi connectivity index (χ2v) is 10.4. The smallest absolute Gasteiger partial charge is 0.325 e. The van der Waals surface area contributed by atoms with Crippen molar-refractivity contribution in [1.82, 2.24) is 15.2 Å². The molecule has 1 aromatic heterocycles. The number of hydrogen-bond acceptors (Lipinski definition) is 8. The minimum absolute atomic E-state index is 0.0159. The van der Waals surface area contributed by atoms with Crippen molar-refractivity contribution in [3.8, 4) is 0 Å². The van der Waals surface area contributed by atoms with Crippen LogP contribution in [0.4, 0.5) is 10.5 Å². The Hall–Kier alpha value is -3.83. The van der Waals surface area contributed by atoms with Crippen LogP contribution < -0.4 is 10.6 Å².